The van der Waals surface area contributed by atoms with Gasteiger partial charge in [0.05, 0.1) is 19.8 Å². The highest BCUT2D eigenvalue weighted by atomic mass is 16.9. The lowest BCUT2D eigenvalue weighted by atomic mass is 10.2. The van der Waals surface area contributed by atoms with E-state index in [0.29, 0.717) is 26.2 Å². The molecule has 0 heterocycles. The van der Waals surface area contributed by atoms with Gasteiger partial charge in [-0.05, 0) is 40.0 Å². The fourth-order valence-electron chi connectivity index (χ4n) is 1.63. The van der Waals surface area contributed by atoms with E-state index in [-0.39, 0.29) is 18.1 Å². The molecule has 6 heteroatoms. The number of nitrogens with two attached hydrogens (primary N) is 3. The summed E-state index contributed by atoms with van der Waals surface area (Å²) in [7, 11) is 0. The molecule has 0 fully saturated rings. The van der Waals surface area contributed by atoms with E-state index in [1.807, 2.05) is 27.7 Å². The van der Waals surface area contributed by atoms with E-state index in [0.717, 1.165) is 19.3 Å². The van der Waals surface area contributed by atoms with Crippen LogP contribution in [0.1, 0.15) is 53.4 Å². The van der Waals surface area contributed by atoms with Crippen LogP contribution in [-0.2, 0) is 14.2 Å². The van der Waals surface area contributed by atoms with Crippen LogP contribution in [0.4, 0.5) is 0 Å². The van der Waals surface area contributed by atoms with E-state index < -0.39 is 5.97 Å². The van der Waals surface area contributed by atoms with Gasteiger partial charge in [0, 0.05) is 24.5 Å². The van der Waals surface area contributed by atoms with Gasteiger partial charge in [-0.1, -0.05) is 6.92 Å². The highest BCUT2D eigenvalue weighted by Gasteiger charge is 2.31. The summed E-state index contributed by atoms with van der Waals surface area (Å²) in [6, 6.07) is 0.271. The summed E-state index contributed by atoms with van der Waals surface area (Å²) in [6.45, 7) is 9.33. The maximum Gasteiger partial charge on any atom is 0.282 e. The molecule has 0 aliphatic heterocycles. The molecule has 0 saturated heterocycles. The standard InChI is InChI=1S/C15H35N3O3/c1-5-15(19-9-6-12(2)16,20-10-7-13(3)17)21-11-8-14(4)18/h12-14H,5-11,16-18H2,1-4H3. The third-order valence-corrected chi connectivity index (χ3v) is 3.12. The zero-order valence-electron chi connectivity index (χ0n) is 14.1. The van der Waals surface area contributed by atoms with Gasteiger partial charge in [-0.2, -0.15) is 0 Å². The van der Waals surface area contributed by atoms with E-state index in [1.54, 1.807) is 0 Å². The molecular weight excluding hydrogens is 270 g/mol. The van der Waals surface area contributed by atoms with E-state index in [2.05, 4.69) is 0 Å². The van der Waals surface area contributed by atoms with Crippen LogP contribution in [0.5, 0.6) is 0 Å². The second-order valence-electron chi connectivity index (χ2n) is 5.88. The quantitative estimate of drug-likeness (QED) is 0.443. The lowest BCUT2D eigenvalue weighted by Gasteiger charge is -2.33. The summed E-state index contributed by atoms with van der Waals surface area (Å²) in [4.78, 5) is 0. The van der Waals surface area contributed by atoms with Crippen LogP contribution in [0.3, 0.4) is 0 Å². The second-order valence-corrected chi connectivity index (χ2v) is 5.88. The summed E-state index contributed by atoms with van der Waals surface area (Å²) in [6.07, 6.45) is 2.88. The minimum atomic E-state index is -1.02. The average molecular weight is 305 g/mol. The molecule has 6 nitrogen and oxygen atoms in total. The van der Waals surface area contributed by atoms with Gasteiger partial charge in [-0.15, -0.1) is 0 Å². The molecule has 21 heavy (non-hydrogen) atoms. The summed E-state index contributed by atoms with van der Waals surface area (Å²) < 4.78 is 17.5. The number of rotatable bonds is 13. The Bertz CT molecular complexity index is 212. The average Bonchev–Trinajstić information content (AvgIpc) is 2.36. The lowest BCUT2D eigenvalue weighted by Crippen LogP contribution is -2.41. The zero-order valence-corrected chi connectivity index (χ0v) is 14.1. The van der Waals surface area contributed by atoms with Crippen molar-refractivity contribution in [2.24, 2.45) is 17.2 Å². The second kappa shape index (κ2) is 11.3. The molecule has 6 N–H and O–H groups in total. The Morgan fingerprint density at radius 1 is 0.714 bits per heavy atom. The van der Waals surface area contributed by atoms with Gasteiger partial charge < -0.3 is 31.4 Å². The molecule has 0 aliphatic carbocycles. The Hall–Kier alpha value is -0.240. The Balaban J connectivity index is 4.43. The molecule has 0 aromatic rings. The van der Waals surface area contributed by atoms with E-state index in [4.69, 9.17) is 31.4 Å². The smallest absolute Gasteiger partial charge is 0.282 e. The third-order valence-electron chi connectivity index (χ3n) is 3.12. The van der Waals surface area contributed by atoms with Crippen LogP contribution < -0.4 is 17.2 Å². The first-order valence-corrected chi connectivity index (χ1v) is 8.00. The third kappa shape index (κ3) is 11.0. The largest absolute Gasteiger partial charge is 0.328 e. The number of hydrogen-bond donors (Lipinski definition) is 3. The van der Waals surface area contributed by atoms with Crippen LogP contribution in [-0.4, -0.2) is 43.9 Å². The highest BCUT2D eigenvalue weighted by Crippen LogP contribution is 2.21. The first kappa shape index (κ1) is 20.8. The van der Waals surface area contributed by atoms with Crippen molar-refractivity contribution < 1.29 is 14.2 Å². The predicted octanol–water partition coefficient (Wildman–Crippen LogP) is 1.31. The van der Waals surface area contributed by atoms with Crippen LogP contribution in [0.15, 0.2) is 0 Å². The maximum absolute atomic E-state index is 5.85. The van der Waals surface area contributed by atoms with E-state index in [9.17, 15) is 0 Å². The summed E-state index contributed by atoms with van der Waals surface area (Å²) in [5, 5.41) is 0. The van der Waals surface area contributed by atoms with Crippen molar-refractivity contribution >= 4 is 0 Å². The molecule has 0 rings (SSSR count). The number of ether oxygens (including phenoxy) is 3. The molecular formula is C15H35N3O3. The van der Waals surface area contributed by atoms with Crippen molar-refractivity contribution in [3.63, 3.8) is 0 Å². The van der Waals surface area contributed by atoms with Gasteiger partial charge >= 0.3 is 0 Å². The fraction of sp³-hybridized carbons (Fsp3) is 1.00. The van der Waals surface area contributed by atoms with Crippen molar-refractivity contribution in [2.45, 2.75) is 77.5 Å². The molecule has 0 saturated carbocycles. The number of hydrogen-bond acceptors (Lipinski definition) is 6. The van der Waals surface area contributed by atoms with E-state index in [1.165, 1.54) is 0 Å². The van der Waals surface area contributed by atoms with Crippen LogP contribution in [0.2, 0.25) is 0 Å². The van der Waals surface area contributed by atoms with Crippen molar-refractivity contribution in [1.82, 2.24) is 0 Å². The molecule has 0 radical (unpaired) electrons. The Kier molecular flexibility index (Phi) is 11.2. The minimum Gasteiger partial charge on any atom is -0.328 e. The summed E-state index contributed by atoms with van der Waals surface area (Å²) in [5.74, 6) is -1.02. The van der Waals surface area contributed by atoms with Crippen molar-refractivity contribution in [1.29, 1.82) is 0 Å². The lowest BCUT2D eigenvalue weighted by molar-refractivity contribution is -0.382. The molecule has 0 amide bonds. The first-order valence-electron chi connectivity index (χ1n) is 8.00. The van der Waals surface area contributed by atoms with E-state index >= 15 is 0 Å². The zero-order chi connectivity index (χ0) is 16.3. The molecule has 3 unspecified atom stereocenters. The van der Waals surface area contributed by atoms with Gasteiger partial charge in [0.15, 0.2) is 0 Å². The first-order chi connectivity index (χ1) is 9.81. The highest BCUT2D eigenvalue weighted by molar-refractivity contribution is 4.61. The fourth-order valence-corrected chi connectivity index (χ4v) is 1.63. The SMILES string of the molecule is CCC(OCCC(C)N)(OCCC(C)N)OCCC(C)N. The Labute approximate surface area is 129 Å². The van der Waals surface area contributed by atoms with Gasteiger partial charge in [0.2, 0.25) is 0 Å². The minimum absolute atomic E-state index is 0.0904. The Morgan fingerprint density at radius 2 is 1.00 bits per heavy atom. The van der Waals surface area contributed by atoms with Crippen molar-refractivity contribution in [3.8, 4) is 0 Å². The molecule has 0 spiro atoms. The van der Waals surface area contributed by atoms with Crippen LogP contribution in [0.25, 0.3) is 0 Å². The normalized spacial score (nSPS) is 19.0. The van der Waals surface area contributed by atoms with Crippen LogP contribution in [0, 0.1) is 0 Å². The maximum atomic E-state index is 5.85. The summed E-state index contributed by atoms with van der Waals surface area (Å²) in [5.41, 5.74) is 17.2. The molecule has 3 atom stereocenters. The molecule has 128 valence electrons. The monoisotopic (exact) mass is 305 g/mol. The van der Waals surface area contributed by atoms with Crippen molar-refractivity contribution in [2.75, 3.05) is 19.8 Å². The van der Waals surface area contributed by atoms with Crippen LogP contribution >= 0.6 is 0 Å². The van der Waals surface area contributed by atoms with Gasteiger partial charge in [-0.25, -0.2) is 0 Å². The van der Waals surface area contributed by atoms with Crippen molar-refractivity contribution in [3.05, 3.63) is 0 Å². The van der Waals surface area contributed by atoms with Gasteiger partial charge in [-0.3, -0.25) is 0 Å². The molecule has 0 aliphatic rings. The molecule has 0 bridgehead atoms. The topological polar surface area (TPSA) is 106 Å². The van der Waals surface area contributed by atoms with Gasteiger partial charge in [0.25, 0.3) is 5.97 Å². The Morgan fingerprint density at radius 3 is 1.19 bits per heavy atom. The van der Waals surface area contributed by atoms with Gasteiger partial charge in [0.1, 0.15) is 0 Å². The summed E-state index contributed by atoms with van der Waals surface area (Å²) >= 11 is 0. The molecule has 0 aromatic carbocycles. The molecule has 0 aromatic heterocycles. The predicted molar refractivity (Wildman–Crippen MR) is 85.7 cm³/mol.